The summed E-state index contributed by atoms with van der Waals surface area (Å²) in [5, 5.41) is 7.88. The summed E-state index contributed by atoms with van der Waals surface area (Å²) in [5.74, 6) is -0.309. The molecule has 2 amide bonds. The van der Waals surface area contributed by atoms with Crippen molar-refractivity contribution in [3.8, 4) is 11.6 Å². The van der Waals surface area contributed by atoms with Crippen LogP contribution in [0.3, 0.4) is 0 Å². The van der Waals surface area contributed by atoms with Crippen molar-refractivity contribution < 1.29 is 18.7 Å². The quantitative estimate of drug-likeness (QED) is 0.890. The molecule has 0 atom stereocenters. The van der Waals surface area contributed by atoms with Gasteiger partial charge in [0.25, 0.3) is 5.91 Å². The zero-order chi connectivity index (χ0) is 18.5. The number of nitrogens with zero attached hydrogens (tertiary/aromatic N) is 3. The fraction of sp³-hybridized carbons (Fsp3) is 0.222. The van der Waals surface area contributed by atoms with Crippen LogP contribution in [0, 0.1) is 5.82 Å². The lowest BCUT2D eigenvalue weighted by Gasteiger charge is -2.19. The van der Waals surface area contributed by atoms with Gasteiger partial charge in [-0.1, -0.05) is 12.1 Å². The molecule has 1 aliphatic rings. The van der Waals surface area contributed by atoms with Crippen molar-refractivity contribution in [2.24, 2.45) is 5.10 Å². The van der Waals surface area contributed by atoms with Gasteiger partial charge in [-0.3, -0.25) is 9.59 Å². The van der Waals surface area contributed by atoms with Crippen LogP contribution in [-0.2, 0) is 16.1 Å². The number of hydrogen-bond acceptors (Lipinski definition) is 5. The van der Waals surface area contributed by atoms with E-state index in [4.69, 9.17) is 4.74 Å². The summed E-state index contributed by atoms with van der Waals surface area (Å²) in [6.07, 6.45) is 2.10. The third-order valence-corrected chi connectivity index (χ3v) is 3.77. The first-order valence-corrected chi connectivity index (χ1v) is 8.02. The molecule has 3 rings (SSSR count). The van der Waals surface area contributed by atoms with Crippen molar-refractivity contribution in [2.45, 2.75) is 19.4 Å². The number of nitrogens with one attached hydrogen (secondary N) is 1. The maximum Gasteiger partial charge on any atom is 0.267 e. The maximum atomic E-state index is 13.3. The Labute approximate surface area is 149 Å². The minimum atomic E-state index is -0.415. The topological polar surface area (TPSA) is 83.9 Å². The number of amides is 2. The number of hydrogen-bond donors (Lipinski definition) is 1. The van der Waals surface area contributed by atoms with Gasteiger partial charge in [-0.25, -0.2) is 14.4 Å². The van der Waals surface area contributed by atoms with E-state index in [9.17, 15) is 14.0 Å². The molecule has 1 aliphatic heterocycles. The fourth-order valence-corrected chi connectivity index (χ4v) is 2.40. The van der Waals surface area contributed by atoms with Gasteiger partial charge in [0.05, 0.1) is 0 Å². The van der Waals surface area contributed by atoms with Crippen LogP contribution in [0.25, 0.3) is 0 Å². The maximum absolute atomic E-state index is 13.3. The van der Waals surface area contributed by atoms with Crippen LogP contribution in [0.2, 0.25) is 0 Å². The second-order valence-electron chi connectivity index (χ2n) is 5.67. The summed E-state index contributed by atoms with van der Waals surface area (Å²) in [6, 6.07) is 9.18. The summed E-state index contributed by atoms with van der Waals surface area (Å²) in [7, 11) is 1.51. The number of aromatic nitrogens is 1. The van der Waals surface area contributed by atoms with E-state index in [1.54, 1.807) is 24.4 Å². The van der Waals surface area contributed by atoms with Crippen molar-refractivity contribution in [3.05, 3.63) is 54.0 Å². The molecule has 0 aliphatic carbocycles. The molecule has 1 aromatic carbocycles. The Kier molecular flexibility index (Phi) is 5.21. The van der Waals surface area contributed by atoms with Crippen molar-refractivity contribution in [3.63, 3.8) is 0 Å². The van der Waals surface area contributed by atoms with Gasteiger partial charge >= 0.3 is 0 Å². The Balaban J connectivity index is 1.68. The molecule has 0 saturated carbocycles. The first-order chi connectivity index (χ1) is 12.5. The van der Waals surface area contributed by atoms with Gasteiger partial charge in [0, 0.05) is 44.3 Å². The highest BCUT2D eigenvalue weighted by Crippen LogP contribution is 2.23. The molecule has 2 heterocycles. The first kappa shape index (κ1) is 17.5. The summed E-state index contributed by atoms with van der Waals surface area (Å²) in [5.41, 5.74) is 0.926. The number of halogens is 1. The molecule has 0 radical (unpaired) electrons. The first-order valence-electron chi connectivity index (χ1n) is 8.02. The lowest BCUT2D eigenvalue weighted by molar-refractivity contribution is -0.130. The van der Waals surface area contributed by atoms with Gasteiger partial charge < -0.3 is 10.1 Å². The molecule has 0 fully saturated rings. The van der Waals surface area contributed by atoms with Gasteiger partial charge in [0.1, 0.15) is 17.3 Å². The molecular formula is C18H17FN4O3. The monoisotopic (exact) mass is 356 g/mol. The van der Waals surface area contributed by atoms with E-state index in [0.29, 0.717) is 23.4 Å². The molecule has 7 nitrogen and oxygen atoms in total. The van der Waals surface area contributed by atoms with Gasteiger partial charge in [-0.2, -0.15) is 5.10 Å². The fourth-order valence-electron chi connectivity index (χ4n) is 2.40. The third-order valence-electron chi connectivity index (χ3n) is 3.77. The van der Waals surface area contributed by atoms with Crippen molar-refractivity contribution in [1.82, 2.24) is 15.3 Å². The average Bonchev–Trinajstić information content (AvgIpc) is 2.63. The van der Waals surface area contributed by atoms with E-state index >= 15 is 0 Å². The van der Waals surface area contributed by atoms with E-state index in [0.717, 1.165) is 0 Å². The molecule has 0 saturated heterocycles. The number of ether oxygens (including phenoxy) is 1. The molecular weight excluding hydrogens is 339 g/mol. The van der Waals surface area contributed by atoms with Crippen LogP contribution >= 0.6 is 0 Å². The smallest absolute Gasteiger partial charge is 0.267 e. The van der Waals surface area contributed by atoms with E-state index in [1.807, 2.05) is 0 Å². The van der Waals surface area contributed by atoms with E-state index in [1.165, 1.54) is 30.3 Å². The molecule has 0 bridgehead atoms. The second-order valence-corrected chi connectivity index (χ2v) is 5.67. The number of benzene rings is 1. The summed E-state index contributed by atoms with van der Waals surface area (Å²) in [6.45, 7) is 0.161. The summed E-state index contributed by atoms with van der Waals surface area (Å²) >= 11 is 0. The zero-order valence-electron chi connectivity index (χ0n) is 14.1. The lowest BCUT2D eigenvalue weighted by Crippen LogP contribution is -2.37. The highest BCUT2D eigenvalue weighted by molar-refractivity contribution is 6.39. The number of carbonyl (C=O) groups excluding carboxylic acids is 2. The molecule has 0 unspecified atom stereocenters. The molecule has 2 aromatic rings. The number of carbonyl (C=O) groups is 2. The lowest BCUT2D eigenvalue weighted by atomic mass is 10.1. The Morgan fingerprint density at radius 1 is 1.31 bits per heavy atom. The zero-order valence-corrected chi connectivity index (χ0v) is 14.1. The molecule has 134 valence electrons. The van der Waals surface area contributed by atoms with Gasteiger partial charge in [0.2, 0.25) is 11.8 Å². The molecule has 1 aromatic heterocycles. The van der Waals surface area contributed by atoms with E-state index in [2.05, 4.69) is 15.4 Å². The Bertz CT molecular complexity index is 869. The largest absolute Gasteiger partial charge is 0.439 e. The van der Waals surface area contributed by atoms with Crippen LogP contribution in [0.4, 0.5) is 4.39 Å². The second kappa shape index (κ2) is 7.73. The van der Waals surface area contributed by atoms with Gasteiger partial charge in [0.15, 0.2) is 0 Å². The Morgan fingerprint density at radius 2 is 2.15 bits per heavy atom. The summed E-state index contributed by atoms with van der Waals surface area (Å²) in [4.78, 5) is 27.8. The van der Waals surface area contributed by atoms with Crippen LogP contribution in [0.5, 0.6) is 11.6 Å². The Hall–Kier alpha value is -3.29. The standard InChI is InChI=1S/C18H17FN4O3/c1-23-16(24)8-7-15(22-23)17(25)21-11-12-4-3-9-20-18(12)26-14-6-2-5-13(19)10-14/h2-6,9-10H,7-8,11H2,1H3,(H,21,25). The minimum absolute atomic E-state index is 0.125. The number of rotatable bonds is 5. The molecule has 1 N–H and O–H groups in total. The van der Waals surface area contributed by atoms with E-state index < -0.39 is 5.82 Å². The third kappa shape index (κ3) is 4.21. The Morgan fingerprint density at radius 3 is 2.92 bits per heavy atom. The van der Waals surface area contributed by atoms with Crippen molar-refractivity contribution in [1.29, 1.82) is 0 Å². The van der Waals surface area contributed by atoms with Crippen LogP contribution in [-0.4, -0.2) is 34.6 Å². The normalized spacial score (nSPS) is 14.0. The highest BCUT2D eigenvalue weighted by Gasteiger charge is 2.22. The number of hydrazone groups is 1. The van der Waals surface area contributed by atoms with E-state index in [-0.39, 0.29) is 30.7 Å². The van der Waals surface area contributed by atoms with Crippen LogP contribution in [0.15, 0.2) is 47.7 Å². The SMILES string of the molecule is CN1N=C(C(=O)NCc2cccnc2Oc2cccc(F)c2)CCC1=O. The predicted molar refractivity (Wildman–Crippen MR) is 92.0 cm³/mol. The molecule has 0 spiro atoms. The predicted octanol–water partition coefficient (Wildman–Crippen LogP) is 2.24. The van der Waals surface area contributed by atoms with Gasteiger partial charge in [-0.05, 0) is 18.2 Å². The highest BCUT2D eigenvalue weighted by atomic mass is 19.1. The molecule has 8 heteroatoms. The van der Waals surface area contributed by atoms with Crippen LogP contribution in [0.1, 0.15) is 18.4 Å². The molecule has 26 heavy (non-hydrogen) atoms. The number of pyridine rings is 1. The minimum Gasteiger partial charge on any atom is -0.439 e. The van der Waals surface area contributed by atoms with Crippen molar-refractivity contribution in [2.75, 3.05) is 7.05 Å². The summed E-state index contributed by atoms with van der Waals surface area (Å²) < 4.78 is 18.9. The van der Waals surface area contributed by atoms with Gasteiger partial charge in [-0.15, -0.1) is 0 Å². The van der Waals surface area contributed by atoms with Crippen molar-refractivity contribution >= 4 is 17.5 Å². The average molecular weight is 356 g/mol. The van der Waals surface area contributed by atoms with Crippen LogP contribution < -0.4 is 10.1 Å².